The number of carboxylic acid groups (broad SMARTS) is 1. The Morgan fingerprint density at radius 2 is 1.84 bits per heavy atom. The van der Waals surface area contributed by atoms with Gasteiger partial charge in [-0.05, 0) is 18.1 Å². The molecule has 0 unspecified atom stereocenters. The van der Waals surface area contributed by atoms with Crippen LogP contribution in [-0.2, 0) is 0 Å². The molecule has 0 saturated carbocycles. The van der Waals surface area contributed by atoms with Gasteiger partial charge < -0.3 is 9.52 Å². The SMILES string of the molecule is CC(C)c1nc(-c2cc(F)cc(F)c2)oc1C(=O)O. The number of aromatic carboxylic acids is 1. The number of oxazole rings is 1. The third-order valence-corrected chi connectivity index (χ3v) is 2.50. The second-order valence-electron chi connectivity index (χ2n) is 4.35. The Balaban J connectivity index is 2.57. The van der Waals surface area contributed by atoms with Gasteiger partial charge >= 0.3 is 5.97 Å². The van der Waals surface area contributed by atoms with Crippen molar-refractivity contribution in [3.63, 3.8) is 0 Å². The fourth-order valence-corrected chi connectivity index (χ4v) is 1.68. The van der Waals surface area contributed by atoms with Crippen molar-refractivity contribution in [1.82, 2.24) is 4.98 Å². The third-order valence-electron chi connectivity index (χ3n) is 2.50. The molecule has 2 rings (SSSR count). The van der Waals surface area contributed by atoms with E-state index in [9.17, 15) is 13.6 Å². The molecule has 0 aliphatic rings. The predicted octanol–water partition coefficient (Wildman–Crippen LogP) is 3.44. The molecule has 0 aliphatic heterocycles. The molecular formula is C13H11F2NO3. The standard InChI is InChI=1S/C13H11F2NO3/c1-6(2)10-11(13(17)18)19-12(16-10)7-3-8(14)5-9(15)4-7/h3-6H,1-2H3,(H,17,18). The van der Waals surface area contributed by atoms with Crippen molar-refractivity contribution in [2.24, 2.45) is 0 Å². The first-order chi connectivity index (χ1) is 8.88. The number of rotatable bonds is 3. The van der Waals surface area contributed by atoms with Gasteiger partial charge in [0.15, 0.2) is 0 Å². The molecular weight excluding hydrogens is 256 g/mol. The van der Waals surface area contributed by atoms with Gasteiger partial charge in [-0.15, -0.1) is 0 Å². The summed E-state index contributed by atoms with van der Waals surface area (Å²) in [6.45, 7) is 3.50. The molecule has 0 spiro atoms. The van der Waals surface area contributed by atoms with E-state index < -0.39 is 17.6 Å². The van der Waals surface area contributed by atoms with Gasteiger partial charge in [0.05, 0.1) is 5.69 Å². The van der Waals surface area contributed by atoms with Crippen LogP contribution in [0.25, 0.3) is 11.5 Å². The minimum Gasteiger partial charge on any atom is -0.475 e. The van der Waals surface area contributed by atoms with Crippen LogP contribution < -0.4 is 0 Å². The van der Waals surface area contributed by atoms with Gasteiger partial charge in [0.25, 0.3) is 0 Å². The van der Waals surface area contributed by atoms with Crippen LogP contribution in [-0.4, -0.2) is 16.1 Å². The van der Waals surface area contributed by atoms with Crippen LogP contribution in [0.4, 0.5) is 8.78 Å². The highest BCUT2D eigenvalue weighted by atomic mass is 19.1. The number of benzene rings is 1. The molecule has 19 heavy (non-hydrogen) atoms. The Morgan fingerprint density at radius 3 is 2.26 bits per heavy atom. The van der Waals surface area contributed by atoms with Crippen molar-refractivity contribution in [3.05, 3.63) is 41.3 Å². The van der Waals surface area contributed by atoms with E-state index in [4.69, 9.17) is 9.52 Å². The molecule has 0 fully saturated rings. The zero-order chi connectivity index (χ0) is 14.2. The molecule has 1 N–H and O–H groups in total. The fourth-order valence-electron chi connectivity index (χ4n) is 1.68. The van der Waals surface area contributed by atoms with Crippen LogP contribution in [0.1, 0.15) is 36.0 Å². The summed E-state index contributed by atoms with van der Waals surface area (Å²) in [5, 5.41) is 9.00. The highest BCUT2D eigenvalue weighted by Crippen LogP contribution is 2.27. The lowest BCUT2D eigenvalue weighted by Gasteiger charge is -1.98. The van der Waals surface area contributed by atoms with Crippen molar-refractivity contribution in [2.75, 3.05) is 0 Å². The molecule has 0 bridgehead atoms. The molecule has 0 saturated heterocycles. The number of nitrogens with zero attached hydrogens (tertiary/aromatic N) is 1. The van der Waals surface area contributed by atoms with Gasteiger partial charge in [-0.2, -0.15) is 0 Å². The minimum absolute atomic E-state index is 0.0619. The van der Waals surface area contributed by atoms with E-state index in [2.05, 4.69) is 4.98 Å². The van der Waals surface area contributed by atoms with Gasteiger partial charge in [-0.3, -0.25) is 0 Å². The number of carboxylic acids is 1. The fraction of sp³-hybridized carbons (Fsp3) is 0.231. The van der Waals surface area contributed by atoms with Crippen LogP contribution in [0.3, 0.4) is 0 Å². The summed E-state index contributed by atoms with van der Waals surface area (Å²) < 4.78 is 31.3. The first kappa shape index (κ1) is 13.2. The van der Waals surface area contributed by atoms with E-state index in [0.29, 0.717) is 6.07 Å². The first-order valence-electron chi connectivity index (χ1n) is 5.59. The van der Waals surface area contributed by atoms with Crippen molar-refractivity contribution >= 4 is 5.97 Å². The Bertz CT molecular complexity index is 615. The van der Waals surface area contributed by atoms with Crippen molar-refractivity contribution in [2.45, 2.75) is 19.8 Å². The van der Waals surface area contributed by atoms with Crippen molar-refractivity contribution in [3.8, 4) is 11.5 Å². The van der Waals surface area contributed by atoms with E-state index in [0.717, 1.165) is 12.1 Å². The van der Waals surface area contributed by atoms with Crippen molar-refractivity contribution < 1.29 is 23.1 Å². The summed E-state index contributed by atoms with van der Waals surface area (Å²) in [7, 11) is 0. The summed E-state index contributed by atoms with van der Waals surface area (Å²) in [5.74, 6) is -3.43. The lowest BCUT2D eigenvalue weighted by molar-refractivity contribution is 0.0661. The van der Waals surface area contributed by atoms with Gasteiger partial charge in [-0.1, -0.05) is 13.8 Å². The molecule has 1 heterocycles. The van der Waals surface area contributed by atoms with Crippen LogP contribution in [0.2, 0.25) is 0 Å². The average molecular weight is 267 g/mol. The van der Waals surface area contributed by atoms with Crippen LogP contribution in [0, 0.1) is 11.6 Å². The Hall–Kier alpha value is -2.24. The highest BCUT2D eigenvalue weighted by molar-refractivity contribution is 5.86. The molecule has 1 aromatic carbocycles. The van der Waals surface area contributed by atoms with Gasteiger partial charge in [0.1, 0.15) is 11.6 Å². The number of hydrogen-bond acceptors (Lipinski definition) is 3. The van der Waals surface area contributed by atoms with E-state index in [1.165, 1.54) is 0 Å². The monoisotopic (exact) mass is 267 g/mol. The van der Waals surface area contributed by atoms with E-state index in [1.54, 1.807) is 13.8 Å². The van der Waals surface area contributed by atoms with Crippen LogP contribution in [0.15, 0.2) is 22.6 Å². The zero-order valence-corrected chi connectivity index (χ0v) is 10.3. The Labute approximate surface area is 107 Å². The molecule has 100 valence electrons. The molecule has 0 radical (unpaired) electrons. The quantitative estimate of drug-likeness (QED) is 0.925. The van der Waals surface area contributed by atoms with Crippen molar-refractivity contribution in [1.29, 1.82) is 0 Å². The van der Waals surface area contributed by atoms with E-state index in [-0.39, 0.29) is 28.8 Å². The summed E-state index contributed by atoms with van der Waals surface area (Å²) in [4.78, 5) is 15.0. The largest absolute Gasteiger partial charge is 0.475 e. The average Bonchev–Trinajstić information content (AvgIpc) is 2.72. The minimum atomic E-state index is -1.26. The Morgan fingerprint density at radius 1 is 1.26 bits per heavy atom. The maximum atomic E-state index is 13.1. The van der Waals surface area contributed by atoms with Gasteiger partial charge in [-0.25, -0.2) is 18.6 Å². The molecule has 0 amide bonds. The number of carbonyl (C=O) groups is 1. The second-order valence-corrected chi connectivity index (χ2v) is 4.35. The smallest absolute Gasteiger partial charge is 0.373 e. The normalized spacial score (nSPS) is 11.0. The van der Waals surface area contributed by atoms with Crippen LogP contribution in [0.5, 0.6) is 0 Å². The summed E-state index contributed by atoms with van der Waals surface area (Å²) in [6.07, 6.45) is 0. The molecule has 0 atom stereocenters. The first-order valence-corrected chi connectivity index (χ1v) is 5.59. The predicted molar refractivity (Wildman–Crippen MR) is 62.9 cm³/mol. The molecule has 2 aromatic rings. The lowest BCUT2D eigenvalue weighted by Crippen LogP contribution is -2.01. The molecule has 4 nitrogen and oxygen atoms in total. The summed E-state index contributed by atoms with van der Waals surface area (Å²) in [5.41, 5.74) is 0.305. The highest BCUT2D eigenvalue weighted by Gasteiger charge is 2.22. The molecule has 0 aliphatic carbocycles. The van der Waals surface area contributed by atoms with Crippen LogP contribution >= 0.6 is 0 Å². The topological polar surface area (TPSA) is 63.3 Å². The summed E-state index contributed by atoms with van der Waals surface area (Å²) >= 11 is 0. The van der Waals surface area contributed by atoms with Gasteiger partial charge in [0.2, 0.25) is 11.7 Å². The van der Waals surface area contributed by atoms with Gasteiger partial charge in [0, 0.05) is 11.6 Å². The van der Waals surface area contributed by atoms with E-state index >= 15 is 0 Å². The zero-order valence-electron chi connectivity index (χ0n) is 10.3. The maximum Gasteiger partial charge on any atom is 0.373 e. The maximum absolute atomic E-state index is 13.1. The lowest BCUT2D eigenvalue weighted by atomic mass is 10.1. The Kier molecular flexibility index (Phi) is 3.33. The van der Waals surface area contributed by atoms with E-state index in [1.807, 2.05) is 0 Å². The second kappa shape index (κ2) is 4.79. The molecule has 1 aromatic heterocycles. The summed E-state index contributed by atoms with van der Waals surface area (Å²) in [6, 6.07) is 2.78. The number of hydrogen-bond donors (Lipinski definition) is 1. The third kappa shape index (κ3) is 2.62. The molecule has 6 heteroatoms. The number of aromatic nitrogens is 1. The number of halogens is 2.